The van der Waals surface area contributed by atoms with Crippen molar-refractivity contribution >= 4 is 61.7 Å². The van der Waals surface area contributed by atoms with Crippen LogP contribution < -0.4 is 0 Å². The average molecular weight is 437 g/mol. The minimum absolute atomic E-state index is 0.0683. The smallest absolute Gasteiger partial charge is 0.208 e. The first kappa shape index (κ1) is 18.4. The van der Waals surface area contributed by atoms with Crippen LogP contribution in [0.1, 0.15) is 10.6 Å². The van der Waals surface area contributed by atoms with Crippen molar-refractivity contribution in [2.24, 2.45) is 0 Å². The SMILES string of the molecule is O=C(CSc1ncnc2scc(-c3ccc(Cl)cc3)c12)c1cc2ccccc2o1. The van der Waals surface area contributed by atoms with E-state index in [-0.39, 0.29) is 11.5 Å². The lowest BCUT2D eigenvalue weighted by atomic mass is 10.1. The van der Waals surface area contributed by atoms with Crippen LogP contribution in [0.5, 0.6) is 0 Å². The molecule has 7 heteroatoms. The molecule has 142 valence electrons. The van der Waals surface area contributed by atoms with Crippen molar-refractivity contribution in [3.05, 3.63) is 77.1 Å². The molecule has 3 aromatic heterocycles. The van der Waals surface area contributed by atoms with Crippen LogP contribution >= 0.6 is 34.7 Å². The van der Waals surface area contributed by atoms with Gasteiger partial charge in [-0.1, -0.05) is 53.7 Å². The van der Waals surface area contributed by atoms with Crippen LogP contribution in [0.2, 0.25) is 5.02 Å². The summed E-state index contributed by atoms with van der Waals surface area (Å²) in [6.45, 7) is 0. The standard InChI is InChI=1S/C22H13ClN2O2S2/c23-15-7-5-13(6-8-15)16-10-28-21-20(16)22(25-12-24-21)29-11-17(26)19-9-14-3-1-2-4-18(14)27-19/h1-10,12H,11H2. The van der Waals surface area contributed by atoms with Gasteiger partial charge in [-0.25, -0.2) is 9.97 Å². The third-order valence-electron chi connectivity index (χ3n) is 4.53. The molecule has 0 fully saturated rings. The van der Waals surface area contributed by atoms with Crippen molar-refractivity contribution in [3.8, 4) is 11.1 Å². The van der Waals surface area contributed by atoms with Crippen LogP contribution in [0, 0.1) is 0 Å². The summed E-state index contributed by atoms with van der Waals surface area (Å²) in [4.78, 5) is 22.4. The zero-order valence-corrected chi connectivity index (χ0v) is 17.4. The quantitative estimate of drug-likeness (QED) is 0.173. The monoisotopic (exact) mass is 436 g/mol. The van der Waals surface area contributed by atoms with E-state index in [1.54, 1.807) is 23.7 Å². The second-order valence-electron chi connectivity index (χ2n) is 6.38. The van der Waals surface area contributed by atoms with Crippen LogP contribution in [0.4, 0.5) is 0 Å². The van der Waals surface area contributed by atoms with E-state index in [0.717, 1.165) is 31.8 Å². The van der Waals surface area contributed by atoms with E-state index in [0.29, 0.717) is 16.4 Å². The Bertz CT molecular complexity index is 1310. The summed E-state index contributed by atoms with van der Waals surface area (Å²) in [5.74, 6) is 0.537. The Morgan fingerprint density at radius 2 is 1.93 bits per heavy atom. The molecule has 4 nitrogen and oxygen atoms in total. The van der Waals surface area contributed by atoms with Gasteiger partial charge in [-0.05, 0) is 29.8 Å². The van der Waals surface area contributed by atoms with Gasteiger partial charge in [0.15, 0.2) is 5.76 Å². The number of hydrogen-bond donors (Lipinski definition) is 0. The van der Waals surface area contributed by atoms with Gasteiger partial charge in [0.05, 0.1) is 11.1 Å². The minimum Gasteiger partial charge on any atom is -0.453 e. The normalized spacial score (nSPS) is 11.3. The van der Waals surface area contributed by atoms with E-state index in [1.165, 1.54) is 11.8 Å². The van der Waals surface area contributed by atoms with Gasteiger partial charge in [-0.3, -0.25) is 4.79 Å². The summed E-state index contributed by atoms with van der Waals surface area (Å²) in [5, 5.41) is 5.42. The Balaban J connectivity index is 1.45. The largest absolute Gasteiger partial charge is 0.453 e. The molecule has 0 bridgehead atoms. The number of fused-ring (bicyclic) bond motifs is 2. The van der Waals surface area contributed by atoms with Gasteiger partial charge in [0.1, 0.15) is 21.8 Å². The fourth-order valence-corrected chi connectivity index (χ4v) is 5.11. The van der Waals surface area contributed by atoms with Gasteiger partial charge in [-0.2, -0.15) is 0 Å². The molecule has 0 aliphatic heterocycles. The first-order valence-corrected chi connectivity index (χ1v) is 11.1. The van der Waals surface area contributed by atoms with E-state index in [1.807, 2.05) is 48.5 Å². The highest BCUT2D eigenvalue weighted by molar-refractivity contribution is 8.00. The van der Waals surface area contributed by atoms with Crippen molar-refractivity contribution in [3.63, 3.8) is 0 Å². The van der Waals surface area contributed by atoms with Crippen LogP contribution in [0.25, 0.3) is 32.3 Å². The van der Waals surface area contributed by atoms with E-state index >= 15 is 0 Å². The number of carbonyl (C=O) groups is 1. The molecular formula is C22H13ClN2O2S2. The lowest BCUT2D eigenvalue weighted by Gasteiger charge is -2.05. The number of halogens is 1. The maximum absolute atomic E-state index is 12.7. The Labute approximate surface area is 179 Å². The fraction of sp³-hybridized carbons (Fsp3) is 0.0455. The third kappa shape index (κ3) is 3.55. The summed E-state index contributed by atoms with van der Waals surface area (Å²) in [6, 6.07) is 17.1. The summed E-state index contributed by atoms with van der Waals surface area (Å²) in [7, 11) is 0. The van der Waals surface area contributed by atoms with Crippen molar-refractivity contribution in [1.82, 2.24) is 9.97 Å². The highest BCUT2D eigenvalue weighted by Gasteiger charge is 2.17. The Morgan fingerprint density at radius 3 is 2.76 bits per heavy atom. The molecule has 0 aliphatic carbocycles. The summed E-state index contributed by atoms with van der Waals surface area (Å²) < 4.78 is 5.69. The highest BCUT2D eigenvalue weighted by Crippen LogP contribution is 2.38. The second kappa shape index (κ2) is 7.63. The number of thioether (sulfide) groups is 1. The molecule has 3 heterocycles. The number of rotatable bonds is 5. The van der Waals surface area contributed by atoms with Gasteiger partial charge >= 0.3 is 0 Å². The minimum atomic E-state index is -0.0683. The number of para-hydroxylation sites is 1. The van der Waals surface area contributed by atoms with Crippen LogP contribution in [0.3, 0.4) is 0 Å². The number of Topliss-reactive ketones (excluding diaryl/α,β-unsaturated/α-hetero) is 1. The number of carbonyl (C=O) groups excluding carboxylic acids is 1. The first-order chi connectivity index (χ1) is 14.2. The third-order valence-corrected chi connectivity index (χ3v) is 6.66. The number of ketones is 1. The van der Waals surface area contributed by atoms with E-state index < -0.39 is 0 Å². The van der Waals surface area contributed by atoms with Crippen LogP contribution in [-0.4, -0.2) is 21.5 Å². The molecule has 0 amide bonds. The molecule has 5 aromatic rings. The van der Waals surface area contributed by atoms with E-state index in [4.69, 9.17) is 16.0 Å². The first-order valence-electron chi connectivity index (χ1n) is 8.82. The average Bonchev–Trinajstić information content (AvgIpc) is 3.37. The van der Waals surface area contributed by atoms with Gasteiger partial charge in [-0.15, -0.1) is 11.3 Å². The summed E-state index contributed by atoms with van der Waals surface area (Å²) >= 11 is 8.98. The molecule has 5 rings (SSSR count). The molecule has 0 saturated carbocycles. The van der Waals surface area contributed by atoms with Crippen molar-refractivity contribution in [2.45, 2.75) is 5.03 Å². The number of thiophene rings is 1. The molecule has 0 aliphatic rings. The highest BCUT2D eigenvalue weighted by atomic mass is 35.5. The number of hydrogen-bond acceptors (Lipinski definition) is 6. The zero-order valence-electron chi connectivity index (χ0n) is 15.0. The number of nitrogens with zero attached hydrogens (tertiary/aromatic N) is 2. The Morgan fingerprint density at radius 1 is 1.10 bits per heavy atom. The molecule has 0 atom stereocenters. The van der Waals surface area contributed by atoms with Crippen molar-refractivity contribution < 1.29 is 9.21 Å². The molecule has 0 N–H and O–H groups in total. The van der Waals surface area contributed by atoms with Gasteiger partial charge in [0.25, 0.3) is 0 Å². The molecule has 0 saturated heterocycles. The maximum atomic E-state index is 12.7. The number of furan rings is 1. The number of benzene rings is 2. The lowest BCUT2D eigenvalue weighted by molar-refractivity contribution is 0.0994. The van der Waals surface area contributed by atoms with E-state index in [2.05, 4.69) is 15.3 Å². The molecule has 0 radical (unpaired) electrons. The van der Waals surface area contributed by atoms with Crippen LogP contribution in [-0.2, 0) is 0 Å². The zero-order chi connectivity index (χ0) is 19.8. The van der Waals surface area contributed by atoms with Crippen molar-refractivity contribution in [1.29, 1.82) is 0 Å². The van der Waals surface area contributed by atoms with Crippen molar-refractivity contribution in [2.75, 3.05) is 5.75 Å². The number of aromatic nitrogens is 2. The topological polar surface area (TPSA) is 56.0 Å². The molecule has 2 aromatic carbocycles. The lowest BCUT2D eigenvalue weighted by Crippen LogP contribution is -2.01. The molecule has 0 unspecified atom stereocenters. The van der Waals surface area contributed by atoms with Crippen LogP contribution in [0.15, 0.2) is 75.7 Å². The van der Waals surface area contributed by atoms with Gasteiger partial charge in [0.2, 0.25) is 5.78 Å². The Hall–Kier alpha value is -2.67. The Kier molecular flexibility index (Phi) is 4.83. The fourth-order valence-electron chi connectivity index (χ4n) is 3.12. The molecule has 29 heavy (non-hydrogen) atoms. The second-order valence-corrected chi connectivity index (χ2v) is 8.63. The summed E-state index contributed by atoms with van der Waals surface area (Å²) in [6.07, 6.45) is 1.54. The summed E-state index contributed by atoms with van der Waals surface area (Å²) in [5.41, 5.74) is 2.80. The predicted octanol–water partition coefficient (Wildman–Crippen LogP) is 6.73. The molecule has 0 spiro atoms. The van der Waals surface area contributed by atoms with E-state index in [9.17, 15) is 4.79 Å². The van der Waals surface area contributed by atoms with Gasteiger partial charge in [0, 0.05) is 21.4 Å². The van der Waals surface area contributed by atoms with Gasteiger partial charge < -0.3 is 4.42 Å². The predicted molar refractivity (Wildman–Crippen MR) is 119 cm³/mol. The molecular weight excluding hydrogens is 424 g/mol. The maximum Gasteiger partial charge on any atom is 0.208 e.